The van der Waals surface area contributed by atoms with Crippen LogP contribution in [0.1, 0.15) is 24.0 Å². The molecule has 0 amide bonds. The summed E-state index contributed by atoms with van der Waals surface area (Å²) in [6.45, 7) is 0. The monoisotopic (exact) mass is 365 g/mol. The van der Waals surface area contributed by atoms with E-state index in [1.54, 1.807) is 0 Å². The molecule has 0 saturated heterocycles. The Morgan fingerprint density at radius 1 is 0.857 bits per heavy atom. The van der Waals surface area contributed by atoms with Gasteiger partial charge in [0, 0.05) is 28.9 Å². The van der Waals surface area contributed by atoms with Gasteiger partial charge in [-0.15, -0.1) is 0 Å². The Morgan fingerprint density at radius 2 is 1.57 bits per heavy atom. The van der Waals surface area contributed by atoms with E-state index < -0.39 is 0 Å². The lowest BCUT2D eigenvalue weighted by Gasteiger charge is -2.27. The van der Waals surface area contributed by atoms with Crippen molar-refractivity contribution in [2.24, 2.45) is 7.05 Å². The Balaban J connectivity index is 1.65. The first kappa shape index (κ1) is 15.9. The highest BCUT2D eigenvalue weighted by atomic mass is 19.1. The number of rotatable bonds is 1. The van der Waals surface area contributed by atoms with Gasteiger partial charge in [-0.25, -0.2) is 4.39 Å². The maximum Gasteiger partial charge on any atom is 0.123 e. The second kappa shape index (κ2) is 5.45. The number of hydrogen-bond acceptors (Lipinski definition) is 0. The zero-order valence-electron chi connectivity index (χ0n) is 15.7. The Kier molecular flexibility index (Phi) is 3.09. The summed E-state index contributed by atoms with van der Waals surface area (Å²) in [5.74, 6) is -0.194. The topological polar surface area (TPSA) is 4.93 Å². The number of hydrogen-bond donors (Lipinski definition) is 0. The third-order valence-electron chi connectivity index (χ3n) is 6.65. The smallest absolute Gasteiger partial charge is 0.123 e. The van der Waals surface area contributed by atoms with E-state index in [1.807, 2.05) is 12.1 Å². The number of para-hydroxylation sites is 1. The third-order valence-corrected chi connectivity index (χ3v) is 6.65. The number of halogens is 1. The van der Waals surface area contributed by atoms with Gasteiger partial charge in [0.25, 0.3) is 0 Å². The van der Waals surface area contributed by atoms with Crippen LogP contribution in [0.3, 0.4) is 0 Å². The van der Waals surface area contributed by atoms with Crippen LogP contribution in [-0.2, 0) is 12.5 Å². The van der Waals surface area contributed by atoms with Crippen LogP contribution in [0.2, 0.25) is 0 Å². The van der Waals surface area contributed by atoms with E-state index in [-0.39, 0.29) is 11.2 Å². The highest BCUT2D eigenvalue weighted by Gasteiger charge is 2.46. The van der Waals surface area contributed by atoms with E-state index in [4.69, 9.17) is 0 Å². The first-order chi connectivity index (χ1) is 13.7. The van der Waals surface area contributed by atoms with Crippen molar-refractivity contribution >= 4 is 10.9 Å². The van der Waals surface area contributed by atoms with E-state index >= 15 is 0 Å². The Bertz CT molecular complexity index is 1270. The number of benzene rings is 3. The van der Waals surface area contributed by atoms with Crippen molar-refractivity contribution in [3.8, 4) is 22.4 Å². The molecule has 3 aromatic carbocycles. The summed E-state index contributed by atoms with van der Waals surface area (Å²) in [4.78, 5) is 0. The first-order valence-corrected chi connectivity index (χ1v) is 9.83. The number of aromatic nitrogens is 1. The van der Waals surface area contributed by atoms with Gasteiger partial charge in [-0.05, 0) is 59.4 Å². The molecule has 2 heteroatoms. The zero-order chi connectivity index (χ0) is 18.9. The molecule has 0 radical (unpaired) electrons. The average Bonchev–Trinajstić information content (AvgIpc) is 3.40. The molecule has 0 fully saturated rings. The molecule has 6 rings (SSSR count). The van der Waals surface area contributed by atoms with Gasteiger partial charge in [0.05, 0.1) is 5.69 Å². The standard InChI is InChI=1S/C26H20FN/c1-28-23-7-3-2-6-21(23)24-25(28)20-13-10-18(17-8-11-19(27)12-9-17)16-22(20)26(24)14-4-5-15-26/h2-13,16H,14-15H2,1H3. The van der Waals surface area contributed by atoms with Crippen molar-refractivity contribution in [2.75, 3.05) is 0 Å². The number of nitrogens with zero attached hydrogens (tertiary/aromatic N) is 1. The molecular formula is C26H20FN. The quantitative estimate of drug-likeness (QED) is 0.335. The van der Waals surface area contributed by atoms with E-state index in [0.717, 1.165) is 24.0 Å². The van der Waals surface area contributed by atoms with Crippen LogP contribution in [0, 0.1) is 5.82 Å². The maximum atomic E-state index is 13.4. The van der Waals surface area contributed by atoms with Gasteiger partial charge in [0.2, 0.25) is 0 Å². The molecule has 0 unspecified atom stereocenters. The number of fused-ring (bicyclic) bond motifs is 7. The van der Waals surface area contributed by atoms with Crippen molar-refractivity contribution in [3.05, 3.63) is 95.8 Å². The summed E-state index contributed by atoms with van der Waals surface area (Å²) in [6.07, 6.45) is 6.72. The third kappa shape index (κ3) is 1.90. The first-order valence-electron chi connectivity index (χ1n) is 9.83. The average molecular weight is 365 g/mol. The lowest BCUT2D eigenvalue weighted by Crippen LogP contribution is -2.21. The minimum absolute atomic E-state index is 0.0154. The summed E-state index contributed by atoms with van der Waals surface area (Å²) in [5, 5.41) is 1.36. The lowest BCUT2D eigenvalue weighted by atomic mass is 9.75. The molecule has 1 spiro atoms. The Labute approximate surface area is 163 Å². The predicted octanol–water partition coefficient (Wildman–Crippen LogP) is 6.60. The second-order valence-corrected chi connectivity index (χ2v) is 8.03. The lowest BCUT2D eigenvalue weighted by molar-refractivity contribution is 0.577. The molecule has 0 N–H and O–H groups in total. The number of allylic oxidation sites excluding steroid dienone is 2. The molecule has 0 atom stereocenters. The zero-order valence-corrected chi connectivity index (χ0v) is 15.7. The van der Waals surface area contributed by atoms with Crippen LogP contribution >= 0.6 is 0 Å². The molecule has 136 valence electrons. The highest BCUT2D eigenvalue weighted by molar-refractivity contribution is 5.98. The van der Waals surface area contributed by atoms with Gasteiger partial charge >= 0.3 is 0 Å². The summed E-state index contributed by atoms with van der Waals surface area (Å²) in [5.41, 5.74) is 9.10. The SMILES string of the molecule is Cn1c2c(c3ccccc31)C1(CC=CC1)c1cc(-c3ccc(F)cc3)ccc1-2. The molecule has 0 aliphatic heterocycles. The van der Waals surface area contributed by atoms with Crippen LogP contribution in [-0.4, -0.2) is 4.57 Å². The van der Waals surface area contributed by atoms with E-state index in [1.165, 1.54) is 45.4 Å². The van der Waals surface area contributed by atoms with Crippen molar-refractivity contribution < 1.29 is 4.39 Å². The second-order valence-electron chi connectivity index (χ2n) is 8.03. The van der Waals surface area contributed by atoms with Gasteiger partial charge < -0.3 is 4.57 Å². The van der Waals surface area contributed by atoms with E-state index in [0.29, 0.717) is 0 Å². The summed E-state index contributed by atoms with van der Waals surface area (Å²) < 4.78 is 15.7. The fraction of sp³-hybridized carbons (Fsp3) is 0.154. The van der Waals surface area contributed by atoms with Crippen molar-refractivity contribution in [3.63, 3.8) is 0 Å². The molecule has 2 aliphatic rings. The molecule has 28 heavy (non-hydrogen) atoms. The van der Waals surface area contributed by atoms with Crippen molar-refractivity contribution in [1.82, 2.24) is 4.57 Å². The highest BCUT2D eigenvalue weighted by Crippen LogP contribution is 2.58. The molecule has 1 heterocycles. The molecule has 0 bridgehead atoms. The Morgan fingerprint density at radius 3 is 2.36 bits per heavy atom. The van der Waals surface area contributed by atoms with Crippen LogP contribution < -0.4 is 0 Å². The summed E-state index contributed by atoms with van der Waals surface area (Å²) in [6, 6.07) is 22.3. The molecule has 2 aliphatic carbocycles. The fourth-order valence-corrected chi connectivity index (χ4v) is 5.37. The van der Waals surface area contributed by atoms with Gasteiger partial charge in [-0.2, -0.15) is 0 Å². The largest absolute Gasteiger partial charge is 0.343 e. The maximum absolute atomic E-state index is 13.4. The minimum atomic E-state index is -0.194. The molecule has 1 aromatic heterocycles. The number of aryl methyl sites for hydroxylation is 1. The van der Waals surface area contributed by atoms with Gasteiger partial charge in [0.1, 0.15) is 5.82 Å². The van der Waals surface area contributed by atoms with Gasteiger partial charge in [0.15, 0.2) is 0 Å². The molecule has 4 aromatic rings. The van der Waals surface area contributed by atoms with Crippen LogP contribution in [0.15, 0.2) is 78.9 Å². The van der Waals surface area contributed by atoms with Gasteiger partial charge in [-0.1, -0.05) is 54.6 Å². The van der Waals surface area contributed by atoms with Crippen LogP contribution in [0.5, 0.6) is 0 Å². The van der Waals surface area contributed by atoms with E-state index in [9.17, 15) is 4.39 Å². The van der Waals surface area contributed by atoms with Crippen molar-refractivity contribution in [1.29, 1.82) is 0 Å². The van der Waals surface area contributed by atoms with Crippen LogP contribution in [0.4, 0.5) is 4.39 Å². The van der Waals surface area contributed by atoms with Crippen LogP contribution in [0.25, 0.3) is 33.3 Å². The predicted molar refractivity (Wildman–Crippen MR) is 113 cm³/mol. The van der Waals surface area contributed by atoms with Gasteiger partial charge in [-0.3, -0.25) is 0 Å². The molecule has 1 nitrogen and oxygen atoms in total. The molecular weight excluding hydrogens is 345 g/mol. The normalized spacial score (nSPS) is 16.1. The molecule has 0 saturated carbocycles. The summed E-state index contributed by atoms with van der Waals surface area (Å²) >= 11 is 0. The fourth-order valence-electron chi connectivity index (χ4n) is 5.37. The van der Waals surface area contributed by atoms with Crippen molar-refractivity contribution in [2.45, 2.75) is 18.3 Å². The summed E-state index contributed by atoms with van der Waals surface area (Å²) in [7, 11) is 2.18. The minimum Gasteiger partial charge on any atom is -0.343 e. The Hall–Kier alpha value is -3.13. The van der Waals surface area contributed by atoms with E-state index in [2.05, 4.69) is 66.2 Å².